The first-order chi connectivity index (χ1) is 13.8. The zero-order valence-electron chi connectivity index (χ0n) is 15.7. The fraction of sp³-hybridized carbons (Fsp3) is 0.190. The number of hydrogen-bond acceptors (Lipinski definition) is 4. The monoisotopic (exact) mass is 448 g/mol. The van der Waals surface area contributed by atoms with Crippen LogP contribution in [0.5, 0.6) is 5.75 Å². The lowest BCUT2D eigenvalue weighted by Gasteiger charge is -2.29. The number of anilines is 1. The van der Waals surface area contributed by atoms with Gasteiger partial charge in [-0.3, -0.25) is 19.8 Å². The van der Waals surface area contributed by atoms with Crippen molar-refractivity contribution in [1.82, 2.24) is 5.32 Å². The van der Waals surface area contributed by atoms with Crippen LogP contribution in [-0.2, 0) is 9.59 Å². The van der Waals surface area contributed by atoms with Crippen molar-refractivity contribution in [2.45, 2.75) is 26.4 Å². The number of amides is 2. The fourth-order valence-electron chi connectivity index (χ4n) is 2.68. The van der Waals surface area contributed by atoms with Crippen LogP contribution in [0.25, 0.3) is 6.08 Å². The van der Waals surface area contributed by atoms with Gasteiger partial charge in [-0.1, -0.05) is 48.3 Å². The lowest BCUT2D eigenvalue weighted by atomic mass is 10.1. The second-order valence-corrected chi connectivity index (χ2v) is 7.64. The van der Waals surface area contributed by atoms with Gasteiger partial charge in [0, 0.05) is 0 Å². The van der Waals surface area contributed by atoms with Crippen LogP contribution < -0.4 is 15.0 Å². The van der Waals surface area contributed by atoms with Crippen molar-refractivity contribution in [2.24, 2.45) is 0 Å². The highest BCUT2D eigenvalue weighted by Crippen LogP contribution is 2.30. The minimum absolute atomic E-state index is 0.0209. The molecule has 2 aromatic carbocycles. The summed E-state index contributed by atoms with van der Waals surface area (Å²) in [6.07, 6.45) is 2.32. The van der Waals surface area contributed by atoms with E-state index in [0.29, 0.717) is 27.0 Å². The quantitative estimate of drug-likeness (QED) is 0.397. The van der Waals surface area contributed by atoms with Crippen LogP contribution in [0.3, 0.4) is 0 Å². The summed E-state index contributed by atoms with van der Waals surface area (Å²) >= 11 is 17.7. The van der Waals surface area contributed by atoms with Gasteiger partial charge in [-0.25, -0.2) is 0 Å². The SMILES string of the molecule is CC[C@@H](C)Oc1ccc(/C=C2\C(=O)NC(=S)N(c3ccccc3Cl)C2=O)cc1Cl. The van der Waals surface area contributed by atoms with Crippen LogP contribution in [0.1, 0.15) is 25.8 Å². The first-order valence-electron chi connectivity index (χ1n) is 8.94. The molecular formula is C21H18Cl2N2O3S. The summed E-state index contributed by atoms with van der Waals surface area (Å²) in [6, 6.07) is 11.8. The van der Waals surface area contributed by atoms with Crippen molar-refractivity contribution in [1.29, 1.82) is 0 Å². The van der Waals surface area contributed by atoms with Crippen molar-refractivity contribution < 1.29 is 14.3 Å². The normalized spacial score (nSPS) is 16.8. The number of rotatable bonds is 5. The van der Waals surface area contributed by atoms with Crippen LogP contribution in [0.2, 0.25) is 10.0 Å². The number of thiocarbonyl (C=S) groups is 1. The lowest BCUT2D eigenvalue weighted by molar-refractivity contribution is -0.122. The van der Waals surface area contributed by atoms with E-state index in [1.807, 2.05) is 13.8 Å². The highest BCUT2D eigenvalue weighted by atomic mass is 35.5. The number of ether oxygens (including phenoxy) is 1. The van der Waals surface area contributed by atoms with Crippen molar-refractivity contribution >= 4 is 64.1 Å². The molecule has 2 aromatic rings. The van der Waals surface area contributed by atoms with Gasteiger partial charge in [-0.05, 0) is 61.5 Å². The molecule has 0 saturated carbocycles. The molecule has 1 atom stereocenters. The standard InChI is InChI=1S/C21H18Cl2N2O3S/c1-3-12(2)28-18-9-8-13(11-16(18)23)10-14-19(26)24-21(29)25(20(14)27)17-7-5-4-6-15(17)22/h4-12H,3H2,1-2H3,(H,24,26,29)/b14-10+/t12-/m1/s1. The molecular weight excluding hydrogens is 431 g/mol. The van der Waals surface area contributed by atoms with E-state index in [1.54, 1.807) is 42.5 Å². The van der Waals surface area contributed by atoms with Crippen molar-refractivity contribution in [3.8, 4) is 5.75 Å². The van der Waals surface area contributed by atoms with E-state index in [1.165, 1.54) is 11.0 Å². The fourth-order valence-corrected chi connectivity index (χ4v) is 3.41. The second-order valence-electron chi connectivity index (χ2n) is 6.44. The summed E-state index contributed by atoms with van der Waals surface area (Å²) in [6.45, 7) is 3.96. The highest BCUT2D eigenvalue weighted by Gasteiger charge is 2.35. The average Bonchev–Trinajstić information content (AvgIpc) is 2.68. The van der Waals surface area contributed by atoms with E-state index >= 15 is 0 Å². The number of benzene rings is 2. The third-order valence-electron chi connectivity index (χ3n) is 4.37. The van der Waals surface area contributed by atoms with E-state index in [4.69, 9.17) is 40.2 Å². The summed E-state index contributed by atoms with van der Waals surface area (Å²) in [4.78, 5) is 26.6. The Morgan fingerprint density at radius 3 is 2.55 bits per heavy atom. The van der Waals surface area contributed by atoms with Crippen LogP contribution in [-0.4, -0.2) is 23.0 Å². The molecule has 0 aliphatic carbocycles. The molecule has 1 N–H and O–H groups in total. The molecule has 1 aliphatic heterocycles. The molecule has 1 fully saturated rings. The van der Waals surface area contributed by atoms with E-state index in [9.17, 15) is 9.59 Å². The molecule has 0 bridgehead atoms. The highest BCUT2D eigenvalue weighted by molar-refractivity contribution is 7.80. The van der Waals surface area contributed by atoms with Gasteiger partial charge in [0.25, 0.3) is 11.8 Å². The number of halogens is 2. The number of nitrogens with zero attached hydrogens (tertiary/aromatic N) is 1. The summed E-state index contributed by atoms with van der Waals surface area (Å²) in [5.74, 6) is -0.608. The Hall–Kier alpha value is -2.41. The molecule has 3 rings (SSSR count). The molecule has 8 heteroatoms. The van der Waals surface area contributed by atoms with Gasteiger partial charge < -0.3 is 4.74 Å². The molecule has 1 heterocycles. The molecule has 0 aromatic heterocycles. The molecule has 2 amide bonds. The first-order valence-corrected chi connectivity index (χ1v) is 10.1. The van der Waals surface area contributed by atoms with E-state index in [-0.39, 0.29) is 16.8 Å². The van der Waals surface area contributed by atoms with Crippen molar-refractivity contribution in [3.63, 3.8) is 0 Å². The third-order valence-corrected chi connectivity index (χ3v) is 5.26. The van der Waals surface area contributed by atoms with E-state index in [0.717, 1.165) is 6.42 Å². The summed E-state index contributed by atoms with van der Waals surface area (Å²) < 4.78 is 5.74. The maximum Gasteiger partial charge on any atom is 0.270 e. The zero-order chi connectivity index (χ0) is 21.1. The molecule has 0 unspecified atom stereocenters. The van der Waals surface area contributed by atoms with Crippen molar-refractivity contribution in [3.05, 3.63) is 63.6 Å². The molecule has 150 valence electrons. The van der Waals surface area contributed by atoms with E-state index < -0.39 is 11.8 Å². The van der Waals surface area contributed by atoms with Gasteiger partial charge in [0.1, 0.15) is 11.3 Å². The maximum absolute atomic E-state index is 13.0. The summed E-state index contributed by atoms with van der Waals surface area (Å²) in [5.41, 5.74) is 0.896. The maximum atomic E-state index is 13.0. The number of carbonyl (C=O) groups excluding carboxylic acids is 2. The molecule has 0 spiro atoms. The van der Waals surface area contributed by atoms with Gasteiger partial charge in [0.05, 0.1) is 21.8 Å². The predicted molar refractivity (Wildman–Crippen MR) is 119 cm³/mol. The average molecular weight is 449 g/mol. The zero-order valence-corrected chi connectivity index (χ0v) is 18.1. The third kappa shape index (κ3) is 4.61. The Bertz CT molecular complexity index is 1020. The van der Waals surface area contributed by atoms with Gasteiger partial charge in [0.2, 0.25) is 0 Å². The van der Waals surface area contributed by atoms with E-state index in [2.05, 4.69) is 5.32 Å². The van der Waals surface area contributed by atoms with Crippen LogP contribution >= 0.6 is 35.4 Å². The first kappa shape index (κ1) is 21.3. The molecule has 1 saturated heterocycles. The minimum atomic E-state index is -0.584. The largest absolute Gasteiger partial charge is 0.489 e. The lowest BCUT2D eigenvalue weighted by Crippen LogP contribution is -2.54. The second kappa shape index (κ2) is 8.95. The summed E-state index contributed by atoms with van der Waals surface area (Å²) in [7, 11) is 0. The van der Waals surface area contributed by atoms with Gasteiger partial charge >= 0.3 is 0 Å². The van der Waals surface area contributed by atoms with Gasteiger partial charge in [0.15, 0.2) is 5.11 Å². The van der Waals surface area contributed by atoms with Crippen molar-refractivity contribution in [2.75, 3.05) is 4.90 Å². The van der Waals surface area contributed by atoms with Gasteiger partial charge in [-0.15, -0.1) is 0 Å². The Balaban J connectivity index is 1.95. The Kier molecular flexibility index (Phi) is 6.57. The Morgan fingerprint density at radius 2 is 1.90 bits per heavy atom. The van der Waals surface area contributed by atoms with Gasteiger partial charge in [-0.2, -0.15) is 0 Å². The molecule has 5 nitrogen and oxygen atoms in total. The number of nitrogens with one attached hydrogen (secondary N) is 1. The number of para-hydroxylation sites is 1. The summed E-state index contributed by atoms with van der Waals surface area (Å²) in [5, 5.41) is 3.23. The predicted octanol–water partition coefficient (Wildman–Crippen LogP) is 5.00. The van der Waals surface area contributed by atoms with Crippen LogP contribution in [0, 0.1) is 0 Å². The molecule has 1 aliphatic rings. The minimum Gasteiger partial charge on any atom is -0.489 e. The van der Waals surface area contributed by atoms with Crippen LogP contribution in [0.15, 0.2) is 48.0 Å². The van der Waals surface area contributed by atoms with Crippen LogP contribution in [0.4, 0.5) is 5.69 Å². The Morgan fingerprint density at radius 1 is 1.17 bits per heavy atom. The topological polar surface area (TPSA) is 58.6 Å². The number of hydrogen-bond donors (Lipinski definition) is 1. The Labute approximate surface area is 184 Å². The number of carbonyl (C=O) groups is 2. The molecule has 0 radical (unpaired) electrons. The smallest absolute Gasteiger partial charge is 0.270 e. The molecule has 29 heavy (non-hydrogen) atoms.